The van der Waals surface area contributed by atoms with Crippen molar-refractivity contribution in [3.8, 4) is 11.4 Å². The average molecular weight is 525 g/mol. The zero-order valence-electron chi connectivity index (χ0n) is 19.4. The third-order valence-corrected chi connectivity index (χ3v) is 7.31. The number of carbonyl (C=O) groups is 2. The van der Waals surface area contributed by atoms with Gasteiger partial charge in [0.15, 0.2) is 0 Å². The highest BCUT2D eigenvalue weighted by Gasteiger charge is 2.34. The SMILES string of the molecule is O=C(NC1CCCC1)[C@H](c1cccs1)N(Cc1ccco1)C(=O)Cn1nnc(-c2ccc(Cl)cc2)n1. The van der Waals surface area contributed by atoms with E-state index in [9.17, 15) is 9.59 Å². The molecule has 0 unspecified atom stereocenters. The first-order valence-corrected chi connectivity index (χ1v) is 13.0. The number of nitrogens with one attached hydrogen (secondary N) is 1. The van der Waals surface area contributed by atoms with Gasteiger partial charge in [0, 0.05) is 21.5 Å². The molecule has 0 radical (unpaired) electrons. The molecule has 1 saturated carbocycles. The summed E-state index contributed by atoms with van der Waals surface area (Å²) in [7, 11) is 0. The zero-order valence-corrected chi connectivity index (χ0v) is 21.0. The molecule has 0 saturated heterocycles. The molecule has 3 aromatic heterocycles. The van der Waals surface area contributed by atoms with Crippen LogP contribution >= 0.6 is 22.9 Å². The number of nitrogens with zero attached hydrogens (tertiary/aromatic N) is 5. The molecule has 1 fully saturated rings. The molecule has 0 aliphatic heterocycles. The third-order valence-electron chi connectivity index (χ3n) is 6.13. The quantitative estimate of drug-likeness (QED) is 0.346. The summed E-state index contributed by atoms with van der Waals surface area (Å²) >= 11 is 7.40. The summed E-state index contributed by atoms with van der Waals surface area (Å²) in [5.41, 5.74) is 0.734. The number of hydrogen-bond donors (Lipinski definition) is 1. The first-order valence-electron chi connectivity index (χ1n) is 11.8. The second-order valence-corrected chi connectivity index (χ2v) is 10.1. The van der Waals surface area contributed by atoms with Crippen LogP contribution < -0.4 is 5.32 Å². The van der Waals surface area contributed by atoms with E-state index in [4.69, 9.17) is 16.0 Å². The van der Waals surface area contributed by atoms with Crippen LogP contribution in [0.15, 0.2) is 64.6 Å². The molecular formula is C25H25ClN6O3S. The van der Waals surface area contributed by atoms with Gasteiger partial charge in [-0.15, -0.1) is 21.5 Å². The van der Waals surface area contributed by atoms with Crippen molar-refractivity contribution in [1.29, 1.82) is 0 Å². The Morgan fingerprint density at radius 3 is 2.67 bits per heavy atom. The van der Waals surface area contributed by atoms with Crippen LogP contribution in [0.3, 0.4) is 0 Å². The molecule has 0 bridgehead atoms. The number of aromatic nitrogens is 4. The number of tetrazole rings is 1. The van der Waals surface area contributed by atoms with Crippen molar-refractivity contribution >= 4 is 34.8 Å². The number of rotatable bonds is 9. The van der Waals surface area contributed by atoms with E-state index in [0.717, 1.165) is 36.1 Å². The first kappa shape index (κ1) is 24.2. The molecule has 1 aromatic carbocycles. The van der Waals surface area contributed by atoms with E-state index in [1.807, 2.05) is 17.5 Å². The van der Waals surface area contributed by atoms with E-state index < -0.39 is 6.04 Å². The molecule has 2 amide bonds. The van der Waals surface area contributed by atoms with Gasteiger partial charge in [0.25, 0.3) is 0 Å². The van der Waals surface area contributed by atoms with Crippen molar-refractivity contribution in [2.24, 2.45) is 0 Å². The Hall–Kier alpha value is -3.50. The fraction of sp³-hybridized carbons (Fsp3) is 0.320. The van der Waals surface area contributed by atoms with E-state index >= 15 is 0 Å². The summed E-state index contributed by atoms with van der Waals surface area (Å²) in [6, 6.07) is 13.7. The van der Waals surface area contributed by atoms with Crippen LogP contribution in [0.1, 0.15) is 42.4 Å². The first-order chi connectivity index (χ1) is 17.6. The molecule has 1 N–H and O–H groups in total. The maximum Gasteiger partial charge on any atom is 0.248 e. The number of hydrogen-bond acceptors (Lipinski definition) is 7. The van der Waals surface area contributed by atoms with Crippen LogP contribution in [0.25, 0.3) is 11.4 Å². The zero-order chi connectivity index (χ0) is 24.9. The Labute approximate surface area is 217 Å². The number of carbonyl (C=O) groups excluding carboxylic acids is 2. The molecule has 11 heteroatoms. The van der Waals surface area contributed by atoms with Gasteiger partial charge in [-0.2, -0.15) is 4.80 Å². The molecule has 9 nitrogen and oxygen atoms in total. The Morgan fingerprint density at radius 1 is 1.17 bits per heavy atom. The molecular weight excluding hydrogens is 500 g/mol. The Balaban J connectivity index is 1.41. The lowest BCUT2D eigenvalue weighted by Gasteiger charge is -2.30. The van der Waals surface area contributed by atoms with Crippen LogP contribution in [-0.4, -0.2) is 43.0 Å². The second kappa shape index (κ2) is 11.0. The van der Waals surface area contributed by atoms with Crippen LogP contribution in [-0.2, 0) is 22.7 Å². The van der Waals surface area contributed by atoms with Crippen molar-refractivity contribution in [1.82, 2.24) is 30.4 Å². The van der Waals surface area contributed by atoms with Gasteiger partial charge in [0.05, 0.1) is 12.8 Å². The average Bonchev–Trinajstić information content (AvgIpc) is 3.68. The predicted molar refractivity (Wildman–Crippen MR) is 135 cm³/mol. The van der Waals surface area contributed by atoms with Gasteiger partial charge in [-0.1, -0.05) is 30.5 Å². The van der Waals surface area contributed by atoms with Gasteiger partial charge in [-0.25, -0.2) is 0 Å². The molecule has 3 heterocycles. The van der Waals surface area contributed by atoms with Crippen LogP contribution in [0.4, 0.5) is 0 Å². The third kappa shape index (κ3) is 5.66. The van der Waals surface area contributed by atoms with Gasteiger partial charge >= 0.3 is 0 Å². The van der Waals surface area contributed by atoms with Gasteiger partial charge in [0.2, 0.25) is 17.6 Å². The van der Waals surface area contributed by atoms with Gasteiger partial charge in [-0.3, -0.25) is 9.59 Å². The van der Waals surface area contributed by atoms with Crippen LogP contribution in [0.2, 0.25) is 5.02 Å². The van der Waals surface area contributed by atoms with Gasteiger partial charge < -0.3 is 14.6 Å². The smallest absolute Gasteiger partial charge is 0.248 e. The highest BCUT2D eigenvalue weighted by molar-refractivity contribution is 7.10. The minimum Gasteiger partial charge on any atom is -0.467 e. The van der Waals surface area contributed by atoms with Crippen molar-refractivity contribution in [2.75, 3.05) is 0 Å². The lowest BCUT2D eigenvalue weighted by Crippen LogP contribution is -2.46. The van der Waals surface area contributed by atoms with E-state index in [0.29, 0.717) is 16.6 Å². The summed E-state index contributed by atoms with van der Waals surface area (Å²) in [5.74, 6) is 0.432. The summed E-state index contributed by atoms with van der Waals surface area (Å²) in [5, 5.41) is 18.2. The molecule has 1 aliphatic carbocycles. The second-order valence-electron chi connectivity index (χ2n) is 8.66. The fourth-order valence-electron chi connectivity index (χ4n) is 4.35. The lowest BCUT2D eigenvalue weighted by atomic mass is 10.1. The molecule has 1 atom stereocenters. The van der Waals surface area contributed by atoms with E-state index in [2.05, 4.69) is 20.7 Å². The number of amides is 2. The fourth-order valence-corrected chi connectivity index (χ4v) is 5.31. The van der Waals surface area contributed by atoms with Gasteiger partial charge in [-0.05, 0) is 65.9 Å². The molecule has 1 aliphatic rings. The topological polar surface area (TPSA) is 106 Å². The van der Waals surface area contributed by atoms with Crippen molar-refractivity contribution in [3.05, 3.63) is 75.8 Å². The Bertz CT molecular complexity index is 1280. The molecule has 5 rings (SSSR count). The number of halogens is 1. The largest absolute Gasteiger partial charge is 0.467 e. The molecule has 0 spiro atoms. The highest BCUT2D eigenvalue weighted by atomic mass is 35.5. The summed E-state index contributed by atoms with van der Waals surface area (Å²) in [6.07, 6.45) is 5.64. The number of thiophene rings is 1. The summed E-state index contributed by atoms with van der Waals surface area (Å²) < 4.78 is 5.53. The molecule has 4 aromatic rings. The molecule has 186 valence electrons. The maximum absolute atomic E-state index is 13.7. The highest BCUT2D eigenvalue weighted by Crippen LogP contribution is 2.29. The standard InChI is InChI=1S/C25H25ClN6O3S/c26-18-11-9-17(10-12-18)24-28-30-32(29-24)16-22(33)31(15-20-7-3-13-35-20)23(21-8-4-14-36-21)25(34)27-19-5-1-2-6-19/h3-4,7-14,19,23H,1-2,5-6,15-16H2,(H,27,34)/t23-/m0/s1. The van der Waals surface area contributed by atoms with Crippen molar-refractivity contribution in [2.45, 2.75) is 50.9 Å². The Kier molecular flexibility index (Phi) is 7.43. The van der Waals surface area contributed by atoms with E-state index in [1.54, 1.807) is 42.7 Å². The number of benzene rings is 1. The normalized spacial score (nSPS) is 14.6. The summed E-state index contributed by atoms with van der Waals surface area (Å²) in [4.78, 5) is 30.8. The minimum atomic E-state index is -0.803. The monoisotopic (exact) mass is 524 g/mol. The predicted octanol–water partition coefficient (Wildman–Crippen LogP) is 4.48. The van der Waals surface area contributed by atoms with Crippen LogP contribution in [0, 0.1) is 0 Å². The van der Waals surface area contributed by atoms with Gasteiger partial charge in [0.1, 0.15) is 18.3 Å². The summed E-state index contributed by atoms with van der Waals surface area (Å²) in [6.45, 7) is -0.0505. The Morgan fingerprint density at radius 2 is 1.97 bits per heavy atom. The maximum atomic E-state index is 13.7. The van der Waals surface area contributed by atoms with Crippen molar-refractivity contribution < 1.29 is 14.0 Å². The van der Waals surface area contributed by atoms with E-state index in [1.165, 1.54) is 21.0 Å². The van der Waals surface area contributed by atoms with Crippen molar-refractivity contribution in [3.63, 3.8) is 0 Å². The molecule has 36 heavy (non-hydrogen) atoms. The van der Waals surface area contributed by atoms with E-state index in [-0.39, 0.29) is 30.9 Å². The minimum absolute atomic E-state index is 0.124. The lowest BCUT2D eigenvalue weighted by molar-refractivity contribution is -0.142. The van der Waals surface area contributed by atoms with Crippen LogP contribution in [0.5, 0.6) is 0 Å². The number of furan rings is 1.